The van der Waals surface area contributed by atoms with Gasteiger partial charge < -0.3 is 37.5 Å². The second kappa shape index (κ2) is 15.5. The van der Waals surface area contributed by atoms with Crippen LogP contribution in [0, 0.1) is 0 Å². The Balaban J connectivity index is 1.75. The number of rotatable bonds is 16. The zero-order chi connectivity index (χ0) is 33.3. The van der Waals surface area contributed by atoms with E-state index in [1.165, 1.54) is 0 Å². The third kappa shape index (κ3) is 10.9. The zero-order valence-corrected chi connectivity index (χ0v) is 25.9. The number of H-pyrrole nitrogens is 1. The third-order valence-corrected chi connectivity index (χ3v) is 8.07. The van der Waals surface area contributed by atoms with E-state index in [1.54, 1.807) is 30.5 Å². The quantitative estimate of drug-likeness (QED) is 0.107. The van der Waals surface area contributed by atoms with Crippen LogP contribution in [0.4, 0.5) is 0 Å². The molecule has 0 spiro atoms. The summed E-state index contributed by atoms with van der Waals surface area (Å²) in [5, 5.41) is 17.7. The minimum absolute atomic E-state index is 0.0727. The molecule has 0 bridgehead atoms. The van der Waals surface area contributed by atoms with Crippen molar-refractivity contribution in [1.29, 1.82) is 0 Å². The van der Waals surface area contributed by atoms with Gasteiger partial charge in [-0.15, -0.1) is 0 Å². The Kier molecular flexibility index (Phi) is 12.1. The first-order valence-corrected chi connectivity index (χ1v) is 16.2. The van der Waals surface area contributed by atoms with Gasteiger partial charge in [0, 0.05) is 34.8 Å². The summed E-state index contributed by atoms with van der Waals surface area (Å²) in [6.07, 6.45) is 1.37. The van der Waals surface area contributed by atoms with Gasteiger partial charge in [0.1, 0.15) is 28.0 Å². The van der Waals surface area contributed by atoms with Crippen molar-refractivity contribution in [1.82, 2.24) is 20.9 Å². The lowest BCUT2D eigenvalue weighted by Crippen LogP contribution is -2.58. The summed E-state index contributed by atoms with van der Waals surface area (Å²) < 4.78 is 23.8. The number of halogens is 1. The summed E-state index contributed by atoms with van der Waals surface area (Å²) in [6.45, 7) is 0. The fraction of sp³-hybridized carbons (Fsp3) is 0.345. The molecular weight excluding hydrogens is 628 g/mol. The van der Waals surface area contributed by atoms with Crippen LogP contribution in [-0.4, -0.2) is 84.3 Å². The van der Waals surface area contributed by atoms with Crippen LogP contribution in [0.1, 0.15) is 24.0 Å². The second-order valence-electron chi connectivity index (χ2n) is 10.6. The van der Waals surface area contributed by atoms with E-state index in [0.717, 1.165) is 22.7 Å². The molecule has 0 saturated heterocycles. The number of benzene rings is 2. The number of hydrogen-bond acceptors (Lipinski definition) is 8. The van der Waals surface area contributed by atoms with Crippen LogP contribution in [0.15, 0.2) is 54.7 Å². The van der Waals surface area contributed by atoms with E-state index in [9.17, 15) is 37.5 Å². The molecule has 3 rings (SSSR count). The molecule has 4 amide bonds. The van der Waals surface area contributed by atoms with Gasteiger partial charge in [-0.3, -0.25) is 24.0 Å². The SMILES string of the molecule is CS(=O)(=O)CC[C@H](NC(=O)[C@H](N)Cc1c[nH]c2ccccc12)C(=O)N[C@@H](CC(=O)O)C(=O)N[C@@H](Cc1cccc(Cl)c1)C(N)=O. The van der Waals surface area contributed by atoms with Crippen molar-refractivity contribution in [2.75, 3.05) is 12.0 Å². The smallest absolute Gasteiger partial charge is 0.305 e. The Labute approximate surface area is 264 Å². The maximum absolute atomic E-state index is 13.3. The molecule has 0 saturated carbocycles. The second-order valence-corrected chi connectivity index (χ2v) is 13.3. The summed E-state index contributed by atoms with van der Waals surface area (Å²) in [6, 6.07) is 8.15. The van der Waals surface area contributed by atoms with Crippen molar-refractivity contribution < 1.29 is 37.5 Å². The lowest BCUT2D eigenvalue weighted by atomic mass is 10.0. The fourth-order valence-electron chi connectivity index (χ4n) is 4.56. The minimum atomic E-state index is -3.60. The number of carbonyl (C=O) groups is 5. The Bertz CT molecular complexity index is 1680. The van der Waals surface area contributed by atoms with Crippen molar-refractivity contribution in [3.8, 4) is 0 Å². The largest absolute Gasteiger partial charge is 0.481 e. The highest BCUT2D eigenvalue weighted by Gasteiger charge is 2.32. The number of amides is 4. The molecule has 45 heavy (non-hydrogen) atoms. The van der Waals surface area contributed by atoms with Gasteiger partial charge in [-0.05, 0) is 42.2 Å². The van der Waals surface area contributed by atoms with Crippen LogP contribution in [0.2, 0.25) is 5.02 Å². The molecule has 0 unspecified atom stereocenters. The first-order chi connectivity index (χ1) is 21.1. The van der Waals surface area contributed by atoms with Crippen molar-refractivity contribution >= 4 is 61.9 Å². The molecule has 1 heterocycles. The lowest BCUT2D eigenvalue weighted by Gasteiger charge is -2.25. The molecule has 14 nitrogen and oxygen atoms in total. The van der Waals surface area contributed by atoms with Crippen LogP contribution in [-0.2, 0) is 46.7 Å². The van der Waals surface area contributed by atoms with Gasteiger partial charge >= 0.3 is 5.97 Å². The number of fused-ring (bicyclic) bond motifs is 1. The maximum Gasteiger partial charge on any atom is 0.305 e. The van der Waals surface area contributed by atoms with Gasteiger partial charge in [0.2, 0.25) is 23.6 Å². The van der Waals surface area contributed by atoms with Gasteiger partial charge in [-0.2, -0.15) is 0 Å². The number of primary amides is 1. The number of sulfone groups is 1. The Morgan fingerprint density at radius 3 is 2.20 bits per heavy atom. The van der Waals surface area contributed by atoms with Gasteiger partial charge in [-0.1, -0.05) is 41.9 Å². The molecule has 242 valence electrons. The van der Waals surface area contributed by atoms with Crippen LogP contribution in [0.3, 0.4) is 0 Å². The average Bonchev–Trinajstić information content (AvgIpc) is 3.36. The lowest BCUT2D eigenvalue weighted by molar-refractivity contribution is -0.141. The number of para-hydroxylation sites is 1. The number of carboxylic acids is 1. The van der Waals surface area contributed by atoms with E-state index in [2.05, 4.69) is 20.9 Å². The molecule has 9 N–H and O–H groups in total. The first-order valence-electron chi connectivity index (χ1n) is 13.8. The minimum Gasteiger partial charge on any atom is -0.481 e. The topological polar surface area (TPSA) is 244 Å². The number of aliphatic carboxylic acids is 1. The Hall–Kier alpha value is -4.47. The van der Waals surface area contributed by atoms with Crippen LogP contribution in [0.5, 0.6) is 0 Å². The number of aromatic nitrogens is 1. The highest BCUT2D eigenvalue weighted by Crippen LogP contribution is 2.19. The van der Waals surface area contributed by atoms with E-state index in [0.29, 0.717) is 10.6 Å². The van der Waals surface area contributed by atoms with Crippen LogP contribution < -0.4 is 27.4 Å². The molecule has 0 aliphatic carbocycles. The number of carbonyl (C=O) groups excluding carboxylic acids is 4. The number of nitrogens with one attached hydrogen (secondary N) is 4. The highest BCUT2D eigenvalue weighted by atomic mass is 35.5. The van der Waals surface area contributed by atoms with Crippen molar-refractivity contribution in [3.63, 3.8) is 0 Å². The maximum atomic E-state index is 13.3. The zero-order valence-electron chi connectivity index (χ0n) is 24.3. The molecule has 3 aromatic rings. The summed E-state index contributed by atoms with van der Waals surface area (Å²) in [7, 11) is -3.60. The summed E-state index contributed by atoms with van der Waals surface area (Å²) in [4.78, 5) is 66.2. The summed E-state index contributed by atoms with van der Waals surface area (Å²) in [5.74, 6) is -5.74. The van der Waals surface area contributed by atoms with Crippen molar-refractivity contribution in [2.24, 2.45) is 11.5 Å². The van der Waals surface area contributed by atoms with Gasteiger partial charge in [0.15, 0.2) is 0 Å². The van der Waals surface area contributed by atoms with E-state index < -0.39 is 82.2 Å². The molecule has 2 aromatic carbocycles. The molecule has 0 aliphatic heterocycles. The highest BCUT2D eigenvalue weighted by molar-refractivity contribution is 7.90. The number of hydrogen-bond donors (Lipinski definition) is 7. The summed E-state index contributed by atoms with van der Waals surface area (Å²) >= 11 is 5.98. The van der Waals surface area contributed by atoms with Crippen molar-refractivity contribution in [3.05, 3.63) is 70.9 Å². The molecule has 0 radical (unpaired) electrons. The van der Waals surface area contributed by atoms with Gasteiger partial charge in [0.25, 0.3) is 0 Å². The van der Waals surface area contributed by atoms with E-state index in [1.807, 2.05) is 24.3 Å². The first kappa shape index (κ1) is 35.0. The van der Waals surface area contributed by atoms with Gasteiger partial charge in [0.05, 0.1) is 18.2 Å². The molecule has 1 aromatic heterocycles. The molecule has 0 aliphatic rings. The third-order valence-electron chi connectivity index (χ3n) is 6.86. The van der Waals surface area contributed by atoms with Crippen molar-refractivity contribution in [2.45, 2.75) is 49.9 Å². The molecule has 16 heteroatoms. The van der Waals surface area contributed by atoms with E-state index >= 15 is 0 Å². The predicted molar refractivity (Wildman–Crippen MR) is 167 cm³/mol. The van der Waals surface area contributed by atoms with Crippen LogP contribution >= 0.6 is 11.6 Å². The Morgan fingerprint density at radius 1 is 0.911 bits per heavy atom. The predicted octanol–water partition coefficient (Wildman–Crippen LogP) is -0.217. The Morgan fingerprint density at radius 2 is 1.56 bits per heavy atom. The standard InChI is InChI=1S/C29H35ClN6O8S/c1-45(43,44)10-9-22(34-27(40)20(31)13-17-15-33-21-8-3-2-7-19(17)21)28(41)36-24(14-25(37)38)29(42)35-23(26(32)39)12-16-5-4-6-18(30)11-16/h2-8,11,15,20,22-24,33H,9-10,12-14,31H2,1H3,(H2,32,39)(H,34,40)(H,35,42)(H,36,41)(H,37,38)/t20-,22+,23+,24+/m1/s1. The molecule has 0 fully saturated rings. The summed E-state index contributed by atoms with van der Waals surface area (Å²) in [5.41, 5.74) is 13.7. The van der Waals surface area contributed by atoms with E-state index in [4.69, 9.17) is 23.1 Å². The normalized spacial score (nSPS) is 14.1. The van der Waals surface area contributed by atoms with E-state index in [-0.39, 0.29) is 12.8 Å². The van der Waals surface area contributed by atoms with Gasteiger partial charge in [-0.25, -0.2) is 8.42 Å². The monoisotopic (exact) mass is 662 g/mol. The molecular formula is C29H35ClN6O8S. The fourth-order valence-corrected chi connectivity index (χ4v) is 5.44. The average molecular weight is 663 g/mol. The number of carboxylic acid groups (broad SMARTS) is 1. The van der Waals surface area contributed by atoms with Crippen LogP contribution in [0.25, 0.3) is 10.9 Å². The number of nitrogens with two attached hydrogens (primary N) is 2. The number of aromatic amines is 1. The molecule has 4 atom stereocenters.